The van der Waals surface area contributed by atoms with E-state index in [0.29, 0.717) is 0 Å². The lowest BCUT2D eigenvalue weighted by atomic mass is 10.2. The third kappa shape index (κ3) is 2.23. The number of thiophene rings is 1. The molecule has 0 N–H and O–H groups in total. The van der Waals surface area contributed by atoms with Crippen molar-refractivity contribution >= 4 is 33.3 Å². The van der Waals surface area contributed by atoms with Crippen LogP contribution in [0.15, 0.2) is 9.95 Å². The molecular weight excluding hydrogens is 276 g/mol. The van der Waals surface area contributed by atoms with Crippen LogP contribution in [0.25, 0.3) is 10.2 Å². The van der Waals surface area contributed by atoms with Crippen molar-refractivity contribution in [2.24, 2.45) is 7.05 Å². The summed E-state index contributed by atoms with van der Waals surface area (Å²) in [6.45, 7) is 2.18. The maximum Gasteiger partial charge on any atom is 0.262 e. The van der Waals surface area contributed by atoms with Crippen LogP contribution < -0.4 is 5.56 Å². The Morgan fingerprint density at radius 1 is 1.42 bits per heavy atom. The van der Waals surface area contributed by atoms with Gasteiger partial charge in [-0.25, -0.2) is 4.98 Å². The van der Waals surface area contributed by atoms with E-state index < -0.39 is 0 Å². The fraction of sp³-hybridized carbons (Fsp3) is 0.571. The summed E-state index contributed by atoms with van der Waals surface area (Å²) in [6, 6.07) is 0. The van der Waals surface area contributed by atoms with E-state index in [0.717, 1.165) is 34.0 Å². The number of fused-ring (bicyclic) bond motifs is 3. The molecule has 0 bridgehead atoms. The first-order chi connectivity index (χ1) is 9.22. The van der Waals surface area contributed by atoms with Crippen molar-refractivity contribution in [3.05, 3.63) is 20.8 Å². The van der Waals surface area contributed by atoms with Gasteiger partial charge in [0.15, 0.2) is 5.16 Å². The minimum absolute atomic E-state index is 0.142. The number of rotatable bonds is 4. The van der Waals surface area contributed by atoms with Crippen molar-refractivity contribution in [3.63, 3.8) is 0 Å². The van der Waals surface area contributed by atoms with E-state index in [1.807, 2.05) is 7.05 Å². The molecule has 1 aliphatic rings. The van der Waals surface area contributed by atoms with Crippen molar-refractivity contribution in [2.75, 3.05) is 5.75 Å². The van der Waals surface area contributed by atoms with E-state index in [2.05, 4.69) is 6.92 Å². The van der Waals surface area contributed by atoms with E-state index in [1.54, 1.807) is 27.7 Å². The summed E-state index contributed by atoms with van der Waals surface area (Å²) >= 11 is 3.42. The van der Waals surface area contributed by atoms with Crippen LogP contribution >= 0.6 is 23.1 Å². The summed E-state index contributed by atoms with van der Waals surface area (Å²) in [5, 5.41) is 1.76. The van der Waals surface area contributed by atoms with Crippen molar-refractivity contribution < 1.29 is 0 Å². The van der Waals surface area contributed by atoms with Gasteiger partial charge in [-0.2, -0.15) is 0 Å². The molecule has 5 heteroatoms. The highest BCUT2D eigenvalue weighted by Crippen LogP contribution is 2.35. The van der Waals surface area contributed by atoms with Gasteiger partial charge in [0.25, 0.3) is 5.56 Å². The van der Waals surface area contributed by atoms with E-state index >= 15 is 0 Å². The topological polar surface area (TPSA) is 34.9 Å². The molecule has 0 amide bonds. The summed E-state index contributed by atoms with van der Waals surface area (Å²) in [4.78, 5) is 19.6. The van der Waals surface area contributed by atoms with E-state index in [-0.39, 0.29) is 5.56 Å². The predicted molar refractivity (Wildman–Crippen MR) is 82.5 cm³/mol. The SMILES string of the molecule is CCCCSc1nc2sc3c(c2c(=O)n1C)CCC3. The Balaban J connectivity index is 2.07. The number of aryl methyl sites for hydroxylation is 2. The summed E-state index contributed by atoms with van der Waals surface area (Å²) in [5.41, 5.74) is 1.42. The molecule has 19 heavy (non-hydrogen) atoms. The first-order valence-electron chi connectivity index (χ1n) is 6.86. The normalized spacial score (nSPS) is 14.2. The van der Waals surface area contributed by atoms with Crippen molar-refractivity contribution in [3.8, 4) is 0 Å². The molecule has 0 radical (unpaired) electrons. The monoisotopic (exact) mass is 294 g/mol. The lowest BCUT2D eigenvalue weighted by Crippen LogP contribution is -2.20. The molecule has 2 aromatic heterocycles. The molecule has 0 spiro atoms. The second-order valence-corrected chi connectivity index (χ2v) is 7.14. The maximum absolute atomic E-state index is 12.5. The van der Waals surface area contributed by atoms with Crippen LogP contribution in [0.1, 0.15) is 36.6 Å². The van der Waals surface area contributed by atoms with Gasteiger partial charge in [-0.05, 0) is 31.2 Å². The molecule has 0 saturated carbocycles. The highest BCUT2D eigenvalue weighted by Gasteiger charge is 2.22. The Bertz CT molecular complexity index is 672. The lowest BCUT2D eigenvalue weighted by Gasteiger charge is -2.06. The largest absolute Gasteiger partial charge is 0.290 e. The fourth-order valence-electron chi connectivity index (χ4n) is 2.54. The molecule has 0 aliphatic heterocycles. The average molecular weight is 294 g/mol. The van der Waals surface area contributed by atoms with Crippen LogP contribution in [-0.4, -0.2) is 15.3 Å². The van der Waals surface area contributed by atoms with Gasteiger partial charge in [0.05, 0.1) is 5.39 Å². The molecule has 3 nitrogen and oxygen atoms in total. The second-order valence-electron chi connectivity index (χ2n) is 5.00. The minimum Gasteiger partial charge on any atom is -0.290 e. The molecule has 0 fully saturated rings. The van der Waals surface area contributed by atoms with Gasteiger partial charge in [-0.1, -0.05) is 25.1 Å². The Morgan fingerprint density at radius 3 is 3.05 bits per heavy atom. The van der Waals surface area contributed by atoms with E-state index in [4.69, 9.17) is 4.98 Å². The zero-order chi connectivity index (χ0) is 13.4. The first kappa shape index (κ1) is 13.2. The second kappa shape index (κ2) is 5.29. The van der Waals surface area contributed by atoms with Crippen LogP contribution in [0.3, 0.4) is 0 Å². The quantitative estimate of drug-likeness (QED) is 0.492. The Labute approximate surface area is 121 Å². The van der Waals surface area contributed by atoms with Crippen LogP contribution in [0, 0.1) is 0 Å². The van der Waals surface area contributed by atoms with Gasteiger partial charge in [-0.3, -0.25) is 9.36 Å². The van der Waals surface area contributed by atoms with Gasteiger partial charge < -0.3 is 0 Å². The van der Waals surface area contributed by atoms with E-state index in [1.165, 1.54) is 29.7 Å². The highest BCUT2D eigenvalue weighted by molar-refractivity contribution is 7.99. The number of thioether (sulfide) groups is 1. The number of aromatic nitrogens is 2. The third-order valence-electron chi connectivity index (χ3n) is 3.63. The number of hydrogen-bond acceptors (Lipinski definition) is 4. The average Bonchev–Trinajstić information content (AvgIpc) is 2.95. The summed E-state index contributed by atoms with van der Waals surface area (Å²) < 4.78 is 1.73. The van der Waals surface area contributed by atoms with Crippen LogP contribution in [0.5, 0.6) is 0 Å². The predicted octanol–water partition coefficient (Wildman–Crippen LogP) is 3.38. The Morgan fingerprint density at radius 2 is 2.26 bits per heavy atom. The van der Waals surface area contributed by atoms with Gasteiger partial charge in [0, 0.05) is 17.7 Å². The van der Waals surface area contributed by atoms with Crippen LogP contribution in [-0.2, 0) is 19.9 Å². The molecule has 2 heterocycles. The van der Waals surface area contributed by atoms with Crippen LogP contribution in [0.2, 0.25) is 0 Å². The number of hydrogen-bond donors (Lipinski definition) is 0. The lowest BCUT2D eigenvalue weighted by molar-refractivity contribution is 0.725. The smallest absolute Gasteiger partial charge is 0.262 e. The molecule has 0 atom stereocenters. The summed E-state index contributed by atoms with van der Waals surface area (Å²) in [5.74, 6) is 1.04. The molecular formula is C14H18N2OS2. The van der Waals surface area contributed by atoms with Crippen molar-refractivity contribution in [1.29, 1.82) is 0 Å². The highest BCUT2D eigenvalue weighted by atomic mass is 32.2. The molecule has 0 aromatic carbocycles. The standard InChI is InChI=1S/C14H18N2OS2/c1-3-4-8-18-14-15-12-11(13(17)16(14)2)9-6-5-7-10(9)19-12/h3-8H2,1-2H3. The number of nitrogens with zero attached hydrogens (tertiary/aromatic N) is 2. The molecule has 1 aliphatic carbocycles. The van der Waals surface area contributed by atoms with E-state index in [9.17, 15) is 4.79 Å². The third-order valence-corrected chi connectivity index (χ3v) is 5.94. The fourth-order valence-corrected chi connectivity index (χ4v) is 4.90. The molecule has 102 valence electrons. The van der Waals surface area contributed by atoms with Gasteiger partial charge in [0.2, 0.25) is 0 Å². The molecule has 0 unspecified atom stereocenters. The minimum atomic E-state index is 0.142. The molecule has 2 aromatic rings. The zero-order valence-electron chi connectivity index (χ0n) is 11.4. The van der Waals surface area contributed by atoms with Gasteiger partial charge in [-0.15, -0.1) is 11.3 Å². The van der Waals surface area contributed by atoms with Crippen molar-refractivity contribution in [2.45, 2.75) is 44.2 Å². The first-order valence-corrected chi connectivity index (χ1v) is 8.66. The molecule has 3 rings (SSSR count). The summed E-state index contributed by atoms with van der Waals surface area (Å²) in [7, 11) is 1.85. The zero-order valence-corrected chi connectivity index (χ0v) is 13.0. The molecule has 0 saturated heterocycles. The summed E-state index contributed by atoms with van der Waals surface area (Å²) in [6.07, 6.45) is 5.70. The Kier molecular flexibility index (Phi) is 3.67. The van der Waals surface area contributed by atoms with Crippen LogP contribution in [0.4, 0.5) is 0 Å². The van der Waals surface area contributed by atoms with Gasteiger partial charge in [0.1, 0.15) is 4.83 Å². The number of unbranched alkanes of at least 4 members (excludes halogenated alkanes) is 1. The maximum atomic E-state index is 12.5. The Hall–Kier alpha value is -0.810. The van der Waals surface area contributed by atoms with Crippen molar-refractivity contribution in [1.82, 2.24) is 9.55 Å². The van der Waals surface area contributed by atoms with Gasteiger partial charge >= 0.3 is 0 Å².